The highest BCUT2D eigenvalue weighted by Gasteiger charge is 2.18. The van der Waals surface area contributed by atoms with Gasteiger partial charge in [0.05, 0.1) is 5.75 Å². The van der Waals surface area contributed by atoms with Gasteiger partial charge in [-0.3, -0.25) is 0 Å². The molecule has 2 N–H and O–H groups in total. The van der Waals surface area contributed by atoms with Crippen LogP contribution in [0.2, 0.25) is 0 Å². The first kappa shape index (κ1) is 18.6. The summed E-state index contributed by atoms with van der Waals surface area (Å²) in [5.74, 6) is 0.202. The Morgan fingerprint density at radius 3 is 2.52 bits per heavy atom. The van der Waals surface area contributed by atoms with E-state index < -0.39 is 10.0 Å². The predicted octanol–water partition coefficient (Wildman–Crippen LogP) is 3.13. The van der Waals surface area contributed by atoms with E-state index in [1.807, 2.05) is 20.8 Å². The first-order valence-corrected chi connectivity index (χ1v) is 10.1. The number of rotatable bonds is 10. The van der Waals surface area contributed by atoms with Gasteiger partial charge in [-0.2, -0.15) is 0 Å². The van der Waals surface area contributed by atoms with E-state index in [2.05, 4.69) is 23.0 Å². The van der Waals surface area contributed by atoms with Crippen molar-refractivity contribution in [3.63, 3.8) is 0 Å². The second-order valence-electron chi connectivity index (χ2n) is 5.48. The molecular weight excluding hydrogens is 304 g/mol. The lowest BCUT2D eigenvalue weighted by atomic mass is 10.1. The summed E-state index contributed by atoms with van der Waals surface area (Å²) in [7, 11) is -3.20. The molecule has 0 amide bonds. The fraction of sp³-hybridized carbons (Fsp3) is 0.733. The average molecular weight is 333 g/mol. The van der Waals surface area contributed by atoms with Gasteiger partial charge >= 0.3 is 0 Å². The molecule has 0 aliphatic heterocycles. The zero-order chi connectivity index (χ0) is 15.9. The van der Waals surface area contributed by atoms with E-state index >= 15 is 0 Å². The van der Waals surface area contributed by atoms with Gasteiger partial charge in [0.2, 0.25) is 10.0 Å². The summed E-state index contributed by atoms with van der Waals surface area (Å²) in [6.07, 6.45) is 2.70. The van der Waals surface area contributed by atoms with Crippen molar-refractivity contribution in [1.29, 1.82) is 0 Å². The Morgan fingerprint density at radius 2 is 1.95 bits per heavy atom. The summed E-state index contributed by atoms with van der Waals surface area (Å²) >= 11 is 1.71. The van der Waals surface area contributed by atoms with Gasteiger partial charge in [0.25, 0.3) is 0 Å². The number of nitrogens with one attached hydrogen (secondary N) is 2. The van der Waals surface area contributed by atoms with Crippen molar-refractivity contribution >= 4 is 21.4 Å². The second kappa shape index (κ2) is 8.88. The second-order valence-corrected chi connectivity index (χ2v) is 8.82. The third kappa shape index (κ3) is 6.91. The summed E-state index contributed by atoms with van der Waals surface area (Å²) in [5.41, 5.74) is 1.09. The molecule has 0 saturated carbocycles. The number of hydrogen-bond donors (Lipinski definition) is 2. The lowest BCUT2D eigenvalue weighted by Crippen LogP contribution is -2.29. The highest BCUT2D eigenvalue weighted by molar-refractivity contribution is 7.89. The molecule has 1 aromatic rings. The van der Waals surface area contributed by atoms with Gasteiger partial charge in [0, 0.05) is 15.8 Å². The molecule has 1 heterocycles. The zero-order valence-electron chi connectivity index (χ0n) is 13.5. The van der Waals surface area contributed by atoms with E-state index in [9.17, 15) is 8.42 Å². The van der Waals surface area contributed by atoms with Gasteiger partial charge in [0.15, 0.2) is 0 Å². The van der Waals surface area contributed by atoms with Gasteiger partial charge in [0.1, 0.15) is 0 Å². The molecule has 0 fully saturated rings. The summed E-state index contributed by atoms with van der Waals surface area (Å²) in [6, 6.07) is 1.92. The summed E-state index contributed by atoms with van der Waals surface area (Å²) in [5, 5.41) is 3.28. The van der Waals surface area contributed by atoms with Crippen molar-refractivity contribution < 1.29 is 8.42 Å². The molecule has 1 aromatic heterocycles. The van der Waals surface area contributed by atoms with Crippen LogP contribution in [-0.2, 0) is 10.0 Å². The molecule has 0 aromatic carbocycles. The summed E-state index contributed by atoms with van der Waals surface area (Å²) in [6.45, 7) is 10.0. The fourth-order valence-corrected chi connectivity index (χ4v) is 4.71. The van der Waals surface area contributed by atoms with Gasteiger partial charge in [-0.05, 0) is 64.8 Å². The Balaban J connectivity index is 2.40. The van der Waals surface area contributed by atoms with Crippen molar-refractivity contribution in [2.24, 2.45) is 0 Å². The molecule has 21 heavy (non-hydrogen) atoms. The Labute approximate surface area is 133 Å². The lowest BCUT2D eigenvalue weighted by molar-refractivity contribution is 0.559. The Hall–Kier alpha value is -0.430. The largest absolute Gasteiger partial charge is 0.317 e. The van der Waals surface area contributed by atoms with Gasteiger partial charge in [-0.25, -0.2) is 13.1 Å². The van der Waals surface area contributed by atoms with Crippen molar-refractivity contribution in [2.75, 3.05) is 18.8 Å². The molecule has 4 nitrogen and oxygen atoms in total. The van der Waals surface area contributed by atoms with Gasteiger partial charge < -0.3 is 5.32 Å². The molecule has 0 radical (unpaired) electrons. The minimum atomic E-state index is -3.20. The lowest BCUT2D eigenvalue weighted by Gasteiger charge is -2.14. The molecule has 0 bridgehead atoms. The summed E-state index contributed by atoms with van der Waals surface area (Å²) < 4.78 is 27.0. The third-order valence-corrected chi connectivity index (χ3v) is 5.87. The van der Waals surface area contributed by atoms with Crippen molar-refractivity contribution in [1.82, 2.24) is 10.0 Å². The number of unbranched alkanes of at least 4 members (excludes halogenated alkanes) is 1. The van der Waals surface area contributed by atoms with Crippen LogP contribution in [0.4, 0.5) is 0 Å². The Kier molecular flexibility index (Phi) is 7.87. The van der Waals surface area contributed by atoms with Crippen molar-refractivity contribution in [2.45, 2.75) is 53.0 Å². The van der Waals surface area contributed by atoms with E-state index in [1.165, 1.54) is 9.75 Å². The van der Waals surface area contributed by atoms with Crippen molar-refractivity contribution in [3.05, 3.63) is 21.4 Å². The van der Waals surface area contributed by atoms with E-state index in [-0.39, 0.29) is 11.8 Å². The van der Waals surface area contributed by atoms with Crippen LogP contribution in [0.15, 0.2) is 6.07 Å². The number of hydrogen-bond acceptors (Lipinski definition) is 4. The zero-order valence-corrected chi connectivity index (χ0v) is 15.2. The molecule has 122 valence electrons. The van der Waals surface area contributed by atoms with Crippen LogP contribution in [0.1, 0.15) is 54.5 Å². The maximum Gasteiger partial charge on any atom is 0.212 e. The number of sulfonamides is 1. The normalized spacial score (nSPS) is 13.5. The van der Waals surface area contributed by atoms with Crippen LogP contribution in [-0.4, -0.2) is 27.3 Å². The quantitative estimate of drug-likeness (QED) is 0.647. The van der Waals surface area contributed by atoms with E-state index in [0.29, 0.717) is 6.42 Å². The Morgan fingerprint density at radius 1 is 1.24 bits per heavy atom. The monoisotopic (exact) mass is 332 g/mol. The van der Waals surface area contributed by atoms with Crippen LogP contribution < -0.4 is 10.0 Å². The SMILES string of the molecule is CCCNCCCCS(=O)(=O)NC(C)c1cc(C)sc1C. The van der Waals surface area contributed by atoms with Crippen LogP contribution in [0.5, 0.6) is 0 Å². The fourth-order valence-electron chi connectivity index (χ4n) is 2.32. The Bertz CT molecular complexity index is 524. The average Bonchev–Trinajstić information content (AvgIpc) is 2.72. The van der Waals surface area contributed by atoms with Crippen molar-refractivity contribution in [3.8, 4) is 0 Å². The van der Waals surface area contributed by atoms with Crippen LogP contribution in [0, 0.1) is 13.8 Å². The highest BCUT2D eigenvalue weighted by atomic mass is 32.2. The topological polar surface area (TPSA) is 58.2 Å². The summed E-state index contributed by atoms with van der Waals surface area (Å²) in [4.78, 5) is 2.40. The molecule has 1 rings (SSSR count). The third-order valence-electron chi connectivity index (χ3n) is 3.35. The van der Waals surface area contributed by atoms with Gasteiger partial charge in [-0.15, -0.1) is 11.3 Å². The molecule has 1 atom stereocenters. The minimum absolute atomic E-state index is 0.154. The molecule has 0 spiro atoms. The molecule has 0 aliphatic carbocycles. The van der Waals surface area contributed by atoms with E-state index in [0.717, 1.165) is 31.5 Å². The molecule has 6 heteroatoms. The smallest absolute Gasteiger partial charge is 0.212 e. The van der Waals surface area contributed by atoms with Crippen LogP contribution in [0.25, 0.3) is 0 Å². The van der Waals surface area contributed by atoms with E-state index in [4.69, 9.17) is 0 Å². The van der Waals surface area contributed by atoms with E-state index in [1.54, 1.807) is 11.3 Å². The highest BCUT2D eigenvalue weighted by Crippen LogP contribution is 2.26. The first-order chi connectivity index (χ1) is 9.85. The number of aryl methyl sites for hydroxylation is 2. The van der Waals surface area contributed by atoms with Crippen LogP contribution >= 0.6 is 11.3 Å². The maximum absolute atomic E-state index is 12.1. The minimum Gasteiger partial charge on any atom is -0.317 e. The molecule has 1 unspecified atom stereocenters. The maximum atomic E-state index is 12.1. The standard InChI is InChI=1S/C15H28N2O2S2/c1-5-8-16-9-6-7-10-21(18,19)17-13(3)15-11-12(2)20-14(15)4/h11,13,16-17H,5-10H2,1-4H3. The predicted molar refractivity (Wildman–Crippen MR) is 91.5 cm³/mol. The number of thiophene rings is 1. The van der Waals surface area contributed by atoms with Gasteiger partial charge in [-0.1, -0.05) is 6.92 Å². The van der Waals surface area contributed by atoms with Crippen LogP contribution in [0.3, 0.4) is 0 Å². The first-order valence-electron chi connectivity index (χ1n) is 7.63. The molecular formula is C15H28N2O2S2. The molecule has 0 saturated heterocycles. The molecule has 0 aliphatic rings.